The van der Waals surface area contributed by atoms with Crippen LogP contribution < -0.4 is 15.0 Å². The quantitative estimate of drug-likeness (QED) is 0.162. The number of esters is 1. The summed E-state index contributed by atoms with van der Waals surface area (Å²) in [5.41, 5.74) is 0.593. The lowest BCUT2D eigenvalue weighted by molar-refractivity contribution is -0.146. The lowest BCUT2D eigenvalue weighted by atomic mass is 9.70. The Bertz CT molecular complexity index is 1770. The van der Waals surface area contributed by atoms with Gasteiger partial charge in [0, 0.05) is 18.7 Å². The van der Waals surface area contributed by atoms with E-state index in [0.29, 0.717) is 36.3 Å². The van der Waals surface area contributed by atoms with Gasteiger partial charge in [-0.15, -0.1) is 13.2 Å². The van der Waals surface area contributed by atoms with Crippen molar-refractivity contribution in [2.24, 2.45) is 11.8 Å². The SMILES string of the molecule is C=CCCC(=O)OC[C@@H](NC(=O)[C@@H]1[C@H]2C(=O)N([C@H](CO)c3ccccc3)[C@H](C(=O)N(CC=C)c3ccc(OC)cc3)[C@]23CC[C@H]1O3)c1ccccc1. The number of carbonyl (C=O) groups excluding carboxylic acids is 4. The first kappa shape index (κ1) is 36.5. The molecule has 3 fully saturated rings. The first-order chi connectivity index (χ1) is 25.3. The summed E-state index contributed by atoms with van der Waals surface area (Å²) in [7, 11) is 1.56. The molecular formula is C41H45N3O8. The van der Waals surface area contributed by atoms with Gasteiger partial charge in [0.15, 0.2) is 0 Å². The first-order valence-electron chi connectivity index (χ1n) is 17.6. The van der Waals surface area contributed by atoms with Crippen molar-refractivity contribution >= 4 is 29.4 Å². The van der Waals surface area contributed by atoms with Crippen LogP contribution >= 0.6 is 0 Å². The van der Waals surface area contributed by atoms with Crippen molar-refractivity contribution in [3.8, 4) is 5.75 Å². The highest BCUT2D eigenvalue weighted by Gasteiger charge is 2.75. The molecule has 3 amide bonds. The number of rotatable bonds is 16. The van der Waals surface area contributed by atoms with Gasteiger partial charge in [-0.2, -0.15) is 0 Å². The molecule has 0 radical (unpaired) electrons. The van der Waals surface area contributed by atoms with Gasteiger partial charge in [-0.25, -0.2) is 0 Å². The minimum atomic E-state index is -1.34. The van der Waals surface area contributed by atoms with Crippen molar-refractivity contribution in [2.45, 2.75) is 55.5 Å². The molecule has 2 N–H and O–H groups in total. The number of amides is 3. The molecule has 2 bridgehead atoms. The second-order valence-corrected chi connectivity index (χ2v) is 13.3. The van der Waals surface area contributed by atoms with Gasteiger partial charge in [-0.3, -0.25) is 19.2 Å². The minimum absolute atomic E-state index is 0.111. The third-order valence-corrected chi connectivity index (χ3v) is 10.4. The van der Waals surface area contributed by atoms with Gasteiger partial charge < -0.3 is 34.4 Å². The lowest BCUT2D eigenvalue weighted by Crippen LogP contribution is -2.57. The zero-order valence-electron chi connectivity index (χ0n) is 29.3. The van der Waals surface area contributed by atoms with Crippen LogP contribution in [0.5, 0.6) is 5.75 Å². The summed E-state index contributed by atoms with van der Waals surface area (Å²) >= 11 is 0. The van der Waals surface area contributed by atoms with E-state index in [2.05, 4.69) is 18.5 Å². The van der Waals surface area contributed by atoms with Crippen LogP contribution in [0.25, 0.3) is 0 Å². The molecule has 3 aromatic carbocycles. The van der Waals surface area contributed by atoms with Gasteiger partial charge >= 0.3 is 5.97 Å². The van der Waals surface area contributed by atoms with E-state index in [1.807, 2.05) is 48.5 Å². The van der Waals surface area contributed by atoms with Gasteiger partial charge in [0.05, 0.1) is 43.7 Å². The third-order valence-electron chi connectivity index (χ3n) is 10.4. The number of aliphatic hydroxyl groups excluding tert-OH is 1. The van der Waals surface area contributed by atoms with E-state index in [9.17, 15) is 19.5 Å². The third kappa shape index (κ3) is 6.86. The second kappa shape index (κ2) is 16.0. The van der Waals surface area contributed by atoms with Gasteiger partial charge in [-0.05, 0) is 54.7 Å². The number of nitrogens with zero attached hydrogens (tertiary/aromatic N) is 2. The second-order valence-electron chi connectivity index (χ2n) is 13.3. The van der Waals surface area contributed by atoms with E-state index in [0.717, 1.165) is 5.56 Å². The number of nitrogens with one attached hydrogen (secondary N) is 1. The fourth-order valence-corrected chi connectivity index (χ4v) is 8.04. The molecule has 11 nitrogen and oxygen atoms in total. The summed E-state index contributed by atoms with van der Waals surface area (Å²) in [5.74, 6) is -3.04. The molecule has 7 atom stereocenters. The van der Waals surface area contributed by atoms with E-state index in [4.69, 9.17) is 14.2 Å². The molecule has 3 heterocycles. The van der Waals surface area contributed by atoms with Crippen LogP contribution in [-0.2, 0) is 28.7 Å². The van der Waals surface area contributed by atoms with Crippen LogP contribution in [0.2, 0.25) is 0 Å². The maximum atomic E-state index is 15.0. The number of ether oxygens (including phenoxy) is 3. The van der Waals surface area contributed by atoms with Crippen molar-refractivity contribution in [1.29, 1.82) is 0 Å². The smallest absolute Gasteiger partial charge is 0.306 e. The first-order valence-corrected chi connectivity index (χ1v) is 17.6. The van der Waals surface area contributed by atoms with E-state index in [1.165, 1.54) is 4.90 Å². The van der Waals surface area contributed by atoms with Crippen molar-refractivity contribution in [1.82, 2.24) is 10.2 Å². The summed E-state index contributed by atoms with van der Waals surface area (Å²) in [5, 5.41) is 13.9. The Hall–Kier alpha value is -5.26. The Balaban J connectivity index is 1.37. The number of aliphatic hydroxyl groups is 1. The highest BCUT2D eigenvalue weighted by atomic mass is 16.5. The molecule has 0 aliphatic carbocycles. The summed E-state index contributed by atoms with van der Waals surface area (Å²) in [6.07, 6.45) is 4.05. The Morgan fingerprint density at radius 1 is 1.02 bits per heavy atom. The number of likely N-dealkylation sites (tertiary alicyclic amines) is 1. The number of anilines is 1. The minimum Gasteiger partial charge on any atom is -0.497 e. The predicted molar refractivity (Wildman–Crippen MR) is 194 cm³/mol. The van der Waals surface area contributed by atoms with Crippen LogP contribution in [0.3, 0.4) is 0 Å². The Morgan fingerprint density at radius 2 is 1.69 bits per heavy atom. The van der Waals surface area contributed by atoms with Gasteiger partial charge in [-0.1, -0.05) is 72.8 Å². The molecule has 6 rings (SSSR count). The fourth-order valence-electron chi connectivity index (χ4n) is 8.04. The van der Waals surface area contributed by atoms with E-state index >= 15 is 4.79 Å². The average molecular weight is 708 g/mol. The number of hydrogen-bond donors (Lipinski definition) is 2. The number of methoxy groups -OCH3 is 1. The van der Waals surface area contributed by atoms with Gasteiger partial charge in [0.25, 0.3) is 5.91 Å². The summed E-state index contributed by atoms with van der Waals surface area (Å²) < 4.78 is 17.6. The standard InChI is InChI=1S/C41H45N3O8/c1-4-6-17-34(46)51-26-31(27-13-9-7-10-14-27)42-38(47)35-33-22-23-41(52-33)36(35)39(48)44(32(25-45)28-15-11-8-12-16-28)37(41)40(49)43(24-5-2)29-18-20-30(50-3)21-19-29/h4-5,7-16,18-21,31-33,35-37,45H,1-2,6,17,22-26H2,3H3,(H,42,47)/t31-,32-,33-,35+,36+,37-,41+/m1/s1. The molecule has 3 saturated heterocycles. The summed E-state index contributed by atoms with van der Waals surface area (Å²) in [6.45, 7) is 7.10. The normalized spacial score (nSPS) is 24.0. The van der Waals surface area contributed by atoms with Crippen molar-refractivity contribution in [2.75, 3.05) is 31.8 Å². The zero-order chi connectivity index (χ0) is 36.8. The van der Waals surface area contributed by atoms with Crippen LogP contribution in [0.15, 0.2) is 110 Å². The maximum Gasteiger partial charge on any atom is 0.306 e. The van der Waals surface area contributed by atoms with E-state index in [-0.39, 0.29) is 19.6 Å². The number of allylic oxidation sites excluding steroid dienone is 1. The molecule has 3 aliphatic rings. The Morgan fingerprint density at radius 3 is 2.31 bits per heavy atom. The molecule has 3 aliphatic heterocycles. The predicted octanol–water partition coefficient (Wildman–Crippen LogP) is 4.69. The van der Waals surface area contributed by atoms with Crippen LogP contribution in [-0.4, -0.2) is 78.3 Å². The molecule has 3 aromatic rings. The lowest BCUT2D eigenvalue weighted by Gasteiger charge is -2.39. The fraction of sp³-hybridized carbons (Fsp3) is 0.366. The summed E-state index contributed by atoms with van der Waals surface area (Å²) in [4.78, 5) is 59.8. The average Bonchev–Trinajstić information content (AvgIpc) is 3.83. The number of hydrogen-bond acceptors (Lipinski definition) is 8. The monoisotopic (exact) mass is 707 g/mol. The van der Waals surface area contributed by atoms with E-state index in [1.54, 1.807) is 60.6 Å². The highest BCUT2D eigenvalue weighted by molar-refractivity contribution is 6.05. The molecule has 0 aromatic heterocycles. The zero-order valence-corrected chi connectivity index (χ0v) is 29.3. The van der Waals surface area contributed by atoms with Gasteiger partial charge in [0.2, 0.25) is 11.8 Å². The molecule has 272 valence electrons. The number of fused-ring (bicyclic) bond motifs is 1. The van der Waals surface area contributed by atoms with Crippen molar-refractivity contribution in [3.05, 3.63) is 121 Å². The van der Waals surface area contributed by atoms with Crippen LogP contribution in [0, 0.1) is 11.8 Å². The Kier molecular flexibility index (Phi) is 11.2. The molecule has 0 unspecified atom stereocenters. The number of carbonyl (C=O) groups is 4. The van der Waals surface area contributed by atoms with Crippen LogP contribution in [0.4, 0.5) is 5.69 Å². The molecular weight excluding hydrogens is 662 g/mol. The van der Waals surface area contributed by atoms with Crippen molar-refractivity contribution < 1.29 is 38.5 Å². The molecule has 52 heavy (non-hydrogen) atoms. The number of benzene rings is 3. The highest BCUT2D eigenvalue weighted by Crippen LogP contribution is 2.60. The molecule has 0 saturated carbocycles. The Labute approximate surface area is 303 Å². The van der Waals surface area contributed by atoms with Crippen LogP contribution in [0.1, 0.15) is 48.9 Å². The molecule has 11 heteroatoms. The maximum absolute atomic E-state index is 15.0. The largest absolute Gasteiger partial charge is 0.497 e. The summed E-state index contributed by atoms with van der Waals surface area (Å²) in [6, 6.07) is 22.5. The van der Waals surface area contributed by atoms with E-state index < -0.39 is 72.0 Å². The van der Waals surface area contributed by atoms with Crippen molar-refractivity contribution in [3.63, 3.8) is 0 Å². The molecule has 1 spiro atoms. The van der Waals surface area contributed by atoms with Gasteiger partial charge in [0.1, 0.15) is 24.0 Å². The topological polar surface area (TPSA) is 135 Å².